The normalized spacial score (nSPS) is 22.2. The number of hydrogen-bond donors (Lipinski definition) is 1. The van der Waals surface area contributed by atoms with Crippen LogP contribution in [-0.4, -0.2) is 28.8 Å². The Kier molecular flexibility index (Phi) is 4.36. The van der Waals surface area contributed by atoms with Gasteiger partial charge < -0.3 is 10.2 Å². The highest BCUT2D eigenvalue weighted by atomic mass is 79.9. The summed E-state index contributed by atoms with van der Waals surface area (Å²) in [6.07, 6.45) is 5.15. The highest BCUT2D eigenvalue weighted by Crippen LogP contribution is 2.32. The minimum absolute atomic E-state index is 0.0140. The zero-order valence-electron chi connectivity index (χ0n) is 11.9. The van der Waals surface area contributed by atoms with Crippen molar-refractivity contribution in [3.63, 3.8) is 0 Å². The van der Waals surface area contributed by atoms with Gasteiger partial charge in [0.25, 0.3) is 0 Å². The molecule has 2 heterocycles. The molecule has 0 atom stereocenters. The summed E-state index contributed by atoms with van der Waals surface area (Å²) in [6, 6.07) is 2.05. The van der Waals surface area contributed by atoms with Crippen LogP contribution in [0.2, 0.25) is 0 Å². The second-order valence-electron chi connectivity index (χ2n) is 5.90. The summed E-state index contributed by atoms with van der Waals surface area (Å²) in [5, 5.41) is 5.05. The zero-order valence-corrected chi connectivity index (χ0v) is 14.3. The van der Waals surface area contributed by atoms with Gasteiger partial charge in [-0.3, -0.25) is 9.59 Å². The molecule has 1 N–H and O–H groups in total. The molecule has 0 radical (unpaired) electrons. The molecular weight excluding hydrogens is 352 g/mol. The van der Waals surface area contributed by atoms with E-state index < -0.39 is 5.54 Å². The molecule has 1 spiro atoms. The van der Waals surface area contributed by atoms with Crippen LogP contribution in [-0.2, 0) is 16.1 Å². The van der Waals surface area contributed by atoms with Crippen molar-refractivity contribution in [1.29, 1.82) is 0 Å². The van der Waals surface area contributed by atoms with Gasteiger partial charge in [0.2, 0.25) is 11.8 Å². The summed E-state index contributed by atoms with van der Waals surface area (Å²) >= 11 is 5.09. The number of carbonyl (C=O) groups is 2. The van der Waals surface area contributed by atoms with E-state index in [4.69, 9.17) is 0 Å². The van der Waals surface area contributed by atoms with Crippen LogP contribution < -0.4 is 5.32 Å². The van der Waals surface area contributed by atoms with Gasteiger partial charge in [0, 0.05) is 27.7 Å². The van der Waals surface area contributed by atoms with E-state index in [0.29, 0.717) is 19.5 Å². The van der Waals surface area contributed by atoms with Crippen molar-refractivity contribution in [1.82, 2.24) is 10.2 Å². The molecule has 21 heavy (non-hydrogen) atoms. The predicted molar refractivity (Wildman–Crippen MR) is 86.0 cm³/mol. The molecule has 1 saturated heterocycles. The van der Waals surface area contributed by atoms with Gasteiger partial charge in [-0.15, -0.1) is 11.3 Å². The van der Waals surface area contributed by atoms with Crippen molar-refractivity contribution >= 4 is 39.1 Å². The van der Waals surface area contributed by atoms with E-state index >= 15 is 0 Å². The molecule has 2 amide bonds. The maximum atomic E-state index is 13.0. The van der Waals surface area contributed by atoms with E-state index in [0.717, 1.165) is 41.5 Å². The van der Waals surface area contributed by atoms with Crippen molar-refractivity contribution in [3.05, 3.63) is 20.8 Å². The van der Waals surface area contributed by atoms with Crippen molar-refractivity contribution < 1.29 is 9.59 Å². The fourth-order valence-corrected chi connectivity index (χ4v) is 4.76. The van der Waals surface area contributed by atoms with E-state index in [1.165, 1.54) is 0 Å². The number of rotatable bonds is 2. The van der Waals surface area contributed by atoms with Crippen LogP contribution in [0.4, 0.5) is 0 Å². The fourth-order valence-electron chi connectivity index (χ4n) is 3.29. The van der Waals surface area contributed by atoms with Gasteiger partial charge in [-0.1, -0.05) is 19.3 Å². The number of carbonyl (C=O) groups excluding carboxylic acids is 2. The number of amides is 2. The molecule has 0 bridgehead atoms. The van der Waals surface area contributed by atoms with Crippen molar-refractivity contribution in [2.24, 2.45) is 0 Å². The number of halogens is 1. The lowest BCUT2D eigenvalue weighted by molar-refractivity contribution is -0.140. The van der Waals surface area contributed by atoms with Gasteiger partial charge in [-0.05, 0) is 34.8 Å². The van der Waals surface area contributed by atoms with E-state index in [9.17, 15) is 9.59 Å². The predicted octanol–water partition coefficient (Wildman–Crippen LogP) is 3.06. The highest BCUT2D eigenvalue weighted by molar-refractivity contribution is 9.10. The molecule has 2 fully saturated rings. The molecule has 0 aromatic carbocycles. The van der Waals surface area contributed by atoms with Crippen LogP contribution in [0.1, 0.15) is 43.4 Å². The van der Waals surface area contributed by atoms with Gasteiger partial charge in [0.15, 0.2) is 0 Å². The minimum Gasteiger partial charge on any atom is -0.342 e. The molecule has 1 aliphatic heterocycles. The molecule has 1 aliphatic carbocycles. The summed E-state index contributed by atoms with van der Waals surface area (Å²) in [4.78, 5) is 28.0. The molecule has 1 saturated carbocycles. The Morgan fingerprint density at radius 1 is 1.29 bits per heavy atom. The summed E-state index contributed by atoms with van der Waals surface area (Å²) in [5.41, 5.74) is -0.639. The average Bonchev–Trinajstić information content (AvgIpc) is 2.84. The van der Waals surface area contributed by atoms with Crippen molar-refractivity contribution in [3.8, 4) is 0 Å². The molecule has 114 valence electrons. The molecule has 1 aromatic rings. The number of thiophene rings is 1. The maximum Gasteiger partial charge on any atom is 0.248 e. The van der Waals surface area contributed by atoms with E-state index in [1.54, 1.807) is 11.3 Å². The summed E-state index contributed by atoms with van der Waals surface area (Å²) < 4.78 is 1.05. The smallest absolute Gasteiger partial charge is 0.248 e. The number of hydrogen-bond acceptors (Lipinski definition) is 3. The van der Waals surface area contributed by atoms with E-state index in [2.05, 4.69) is 21.2 Å². The van der Waals surface area contributed by atoms with Crippen molar-refractivity contribution in [2.75, 3.05) is 6.54 Å². The lowest BCUT2D eigenvalue weighted by Gasteiger charge is -2.38. The van der Waals surface area contributed by atoms with Gasteiger partial charge in [-0.25, -0.2) is 0 Å². The van der Waals surface area contributed by atoms with Gasteiger partial charge >= 0.3 is 0 Å². The Morgan fingerprint density at radius 2 is 2.05 bits per heavy atom. The number of nitrogens with one attached hydrogen (secondary N) is 1. The molecule has 2 aliphatic rings. The zero-order chi connectivity index (χ0) is 14.9. The standard InChI is InChI=1S/C15H19BrN2O2S/c16-11-8-12(21-10-11)9-18-7-4-13(19)17-15(14(18)20)5-2-1-3-6-15/h8,10H,1-7,9H2,(H,17,19). The Morgan fingerprint density at radius 3 is 2.71 bits per heavy atom. The van der Waals surface area contributed by atoms with Crippen LogP contribution in [0.3, 0.4) is 0 Å². The molecule has 1 aromatic heterocycles. The lowest BCUT2D eigenvalue weighted by Crippen LogP contribution is -2.57. The summed E-state index contributed by atoms with van der Waals surface area (Å²) in [7, 11) is 0. The monoisotopic (exact) mass is 370 g/mol. The summed E-state index contributed by atoms with van der Waals surface area (Å²) in [5.74, 6) is 0.123. The molecule has 3 rings (SSSR count). The van der Waals surface area contributed by atoms with E-state index in [1.807, 2.05) is 16.3 Å². The highest BCUT2D eigenvalue weighted by Gasteiger charge is 2.44. The fraction of sp³-hybridized carbons (Fsp3) is 0.600. The second kappa shape index (κ2) is 6.08. The molecule has 0 unspecified atom stereocenters. The SMILES string of the molecule is O=C1CCN(Cc2cc(Br)cs2)C(=O)C2(CCCCC2)N1. The van der Waals surface area contributed by atoms with Crippen LogP contribution in [0.15, 0.2) is 15.9 Å². The van der Waals surface area contributed by atoms with Crippen molar-refractivity contribution in [2.45, 2.75) is 50.6 Å². The minimum atomic E-state index is -0.639. The first-order chi connectivity index (χ1) is 10.1. The molecule has 4 nitrogen and oxygen atoms in total. The quantitative estimate of drug-likeness (QED) is 0.869. The largest absolute Gasteiger partial charge is 0.342 e. The maximum absolute atomic E-state index is 13.0. The van der Waals surface area contributed by atoms with Crippen LogP contribution in [0.5, 0.6) is 0 Å². The molecule has 6 heteroatoms. The lowest BCUT2D eigenvalue weighted by atomic mass is 9.80. The Labute approximate surface area is 137 Å². The van der Waals surface area contributed by atoms with Crippen LogP contribution in [0, 0.1) is 0 Å². The van der Waals surface area contributed by atoms with Crippen LogP contribution in [0.25, 0.3) is 0 Å². The third-order valence-corrected chi connectivity index (χ3v) is 6.04. The van der Waals surface area contributed by atoms with Gasteiger partial charge in [0.05, 0.1) is 6.54 Å². The first kappa shape index (κ1) is 15.0. The third-order valence-electron chi connectivity index (χ3n) is 4.36. The summed E-state index contributed by atoms with van der Waals surface area (Å²) in [6.45, 7) is 1.12. The third kappa shape index (κ3) is 3.16. The van der Waals surface area contributed by atoms with Crippen LogP contribution >= 0.6 is 27.3 Å². The van der Waals surface area contributed by atoms with Gasteiger partial charge in [0.1, 0.15) is 5.54 Å². The first-order valence-corrected chi connectivity index (χ1v) is 9.10. The number of nitrogens with zero attached hydrogens (tertiary/aromatic N) is 1. The Balaban J connectivity index is 1.82. The first-order valence-electron chi connectivity index (χ1n) is 7.42. The van der Waals surface area contributed by atoms with E-state index in [-0.39, 0.29) is 11.8 Å². The average molecular weight is 371 g/mol. The van der Waals surface area contributed by atoms with Gasteiger partial charge in [-0.2, -0.15) is 0 Å². The Bertz CT molecular complexity index is 552. The topological polar surface area (TPSA) is 49.4 Å². The Hall–Kier alpha value is -0.880. The molecular formula is C15H19BrN2O2S. The second-order valence-corrected chi connectivity index (χ2v) is 7.81.